The molecule has 0 spiro atoms. The van der Waals surface area contributed by atoms with E-state index in [1.807, 2.05) is 13.8 Å². The second-order valence-electron chi connectivity index (χ2n) is 3.89. The van der Waals surface area contributed by atoms with Crippen molar-refractivity contribution in [2.24, 2.45) is 0 Å². The highest BCUT2D eigenvalue weighted by atomic mass is 32.2. The van der Waals surface area contributed by atoms with Crippen LogP contribution in [0.25, 0.3) is 0 Å². The zero-order valence-electron chi connectivity index (χ0n) is 9.88. The van der Waals surface area contributed by atoms with Crippen molar-refractivity contribution in [2.45, 2.75) is 20.0 Å². The fourth-order valence-electron chi connectivity index (χ4n) is 1.15. The highest BCUT2D eigenvalue weighted by Crippen LogP contribution is 2.14. The lowest BCUT2D eigenvalue weighted by Crippen LogP contribution is -2.21. The number of hydrogen-bond acceptors (Lipinski definition) is 4. The van der Waals surface area contributed by atoms with E-state index in [0.717, 1.165) is 0 Å². The van der Waals surface area contributed by atoms with Gasteiger partial charge in [-0.05, 0) is 38.1 Å². The lowest BCUT2D eigenvalue weighted by Gasteiger charge is -2.10. The molecule has 5 nitrogen and oxygen atoms in total. The fourth-order valence-corrected chi connectivity index (χ4v) is 2.07. The SMILES string of the molecule is CC(C)OCCS(=O)(=O)Nc1ccc(O)cc1. The molecule has 0 saturated carbocycles. The third-order valence-corrected chi connectivity index (χ3v) is 3.19. The predicted molar refractivity (Wildman–Crippen MR) is 66.6 cm³/mol. The van der Waals surface area contributed by atoms with E-state index < -0.39 is 10.0 Å². The molecule has 0 amide bonds. The summed E-state index contributed by atoms with van der Waals surface area (Å²) in [5, 5.41) is 9.06. The van der Waals surface area contributed by atoms with Crippen LogP contribution in [0, 0.1) is 0 Å². The summed E-state index contributed by atoms with van der Waals surface area (Å²) in [6.07, 6.45) is 0.0128. The molecule has 0 aliphatic rings. The monoisotopic (exact) mass is 259 g/mol. The van der Waals surface area contributed by atoms with Crippen LogP contribution in [0.1, 0.15) is 13.8 Å². The van der Waals surface area contributed by atoms with Crippen molar-refractivity contribution in [3.05, 3.63) is 24.3 Å². The maximum absolute atomic E-state index is 11.6. The van der Waals surface area contributed by atoms with E-state index in [4.69, 9.17) is 9.84 Å². The topological polar surface area (TPSA) is 75.6 Å². The van der Waals surface area contributed by atoms with Crippen LogP contribution < -0.4 is 4.72 Å². The van der Waals surface area contributed by atoms with Crippen LogP contribution in [-0.2, 0) is 14.8 Å². The lowest BCUT2D eigenvalue weighted by atomic mass is 10.3. The molecule has 2 N–H and O–H groups in total. The van der Waals surface area contributed by atoms with E-state index in [1.165, 1.54) is 24.3 Å². The Hall–Kier alpha value is -1.27. The number of hydrogen-bond donors (Lipinski definition) is 2. The molecular formula is C11H17NO4S. The largest absolute Gasteiger partial charge is 0.508 e. The number of phenols is 1. The Morgan fingerprint density at radius 2 is 1.88 bits per heavy atom. The minimum absolute atomic E-state index is 0.0128. The first-order chi connectivity index (χ1) is 7.89. The Labute approximate surface area is 101 Å². The highest BCUT2D eigenvalue weighted by molar-refractivity contribution is 7.92. The molecule has 0 atom stereocenters. The summed E-state index contributed by atoms with van der Waals surface area (Å²) in [4.78, 5) is 0. The normalized spacial score (nSPS) is 11.7. The third kappa shape index (κ3) is 5.55. The van der Waals surface area contributed by atoms with Crippen LogP contribution >= 0.6 is 0 Å². The smallest absolute Gasteiger partial charge is 0.234 e. The third-order valence-electron chi connectivity index (χ3n) is 1.94. The minimum atomic E-state index is -3.40. The van der Waals surface area contributed by atoms with Crippen LogP contribution in [0.2, 0.25) is 0 Å². The highest BCUT2D eigenvalue weighted by Gasteiger charge is 2.10. The number of rotatable bonds is 6. The Bertz CT molecular complexity index is 439. The van der Waals surface area contributed by atoms with E-state index in [2.05, 4.69) is 4.72 Å². The van der Waals surface area contributed by atoms with Gasteiger partial charge in [0.25, 0.3) is 0 Å². The van der Waals surface area contributed by atoms with Gasteiger partial charge in [-0.25, -0.2) is 8.42 Å². The molecule has 0 bridgehead atoms. The molecule has 1 aromatic carbocycles. The average Bonchev–Trinajstić information content (AvgIpc) is 2.20. The van der Waals surface area contributed by atoms with Crippen molar-refractivity contribution in [1.82, 2.24) is 0 Å². The summed E-state index contributed by atoms with van der Waals surface area (Å²) in [5.41, 5.74) is 0.423. The first-order valence-electron chi connectivity index (χ1n) is 5.30. The van der Waals surface area contributed by atoms with Gasteiger partial charge in [-0.3, -0.25) is 4.72 Å². The molecule has 1 aromatic rings. The number of benzene rings is 1. The molecular weight excluding hydrogens is 242 g/mol. The van der Waals surface area contributed by atoms with Gasteiger partial charge in [0.05, 0.1) is 18.5 Å². The Morgan fingerprint density at radius 1 is 1.29 bits per heavy atom. The van der Waals surface area contributed by atoms with Gasteiger partial charge in [0, 0.05) is 5.69 Å². The summed E-state index contributed by atoms with van der Waals surface area (Å²) in [5.74, 6) is 0.00239. The Kier molecular flexibility index (Phi) is 4.77. The molecule has 0 aliphatic heterocycles. The molecule has 17 heavy (non-hydrogen) atoms. The zero-order chi connectivity index (χ0) is 12.9. The number of aromatic hydroxyl groups is 1. The van der Waals surface area contributed by atoms with Crippen molar-refractivity contribution in [3.63, 3.8) is 0 Å². The first kappa shape index (κ1) is 13.8. The minimum Gasteiger partial charge on any atom is -0.508 e. The number of phenolic OH excluding ortho intramolecular Hbond substituents is 1. The molecule has 0 fully saturated rings. The van der Waals surface area contributed by atoms with Gasteiger partial charge in [0.15, 0.2) is 0 Å². The summed E-state index contributed by atoms with van der Waals surface area (Å²) in [6, 6.07) is 5.83. The van der Waals surface area contributed by atoms with Gasteiger partial charge in [-0.1, -0.05) is 0 Å². The fraction of sp³-hybridized carbons (Fsp3) is 0.455. The van der Waals surface area contributed by atoms with Crippen LogP contribution in [0.15, 0.2) is 24.3 Å². The van der Waals surface area contributed by atoms with Crippen molar-refractivity contribution in [2.75, 3.05) is 17.1 Å². The van der Waals surface area contributed by atoms with Crippen molar-refractivity contribution >= 4 is 15.7 Å². The van der Waals surface area contributed by atoms with Gasteiger partial charge in [0.1, 0.15) is 5.75 Å². The van der Waals surface area contributed by atoms with Crippen LogP contribution in [0.4, 0.5) is 5.69 Å². The maximum atomic E-state index is 11.6. The molecule has 0 aromatic heterocycles. The Balaban J connectivity index is 2.52. The molecule has 0 unspecified atom stereocenters. The molecule has 96 valence electrons. The van der Waals surface area contributed by atoms with Crippen molar-refractivity contribution in [3.8, 4) is 5.75 Å². The Morgan fingerprint density at radius 3 is 2.41 bits per heavy atom. The number of sulfonamides is 1. The quantitative estimate of drug-likeness (QED) is 0.760. The molecule has 1 rings (SSSR count). The standard InChI is InChI=1S/C11H17NO4S/c1-9(2)16-7-8-17(14,15)12-10-3-5-11(13)6-4-10/h3-6,9,12-13H,7-8H2,1-2H3. The van der Waals surface area contributed by atoms with Crippen LogP contribution in [-0.4, -0.2) is 32.0 Å². The van der Waals surface area contributed by atoms with E-state index in [-0.39, 0.29) is 24.2 Å². The second-order valence-corrected chi connectivity index (χ2v) is 5.73. The maximum Gasteiger partial charge on any atom is 0.234 e. The van der Waals surface area contributed by atoms with E-state index in [0.29, 0.717) is 5.69 Å². The molecule has 0 aliphatic carbocycles. The van der Waals surface area contributed by atoms with Gasteiger partial charge in [-0.2, -0.15) is 0 Å². The van der Waals surface area contributed by atoms with Gasteiger partial charge in [-0.15, -0.1) is 0 Å². The van der Waals surface area contributed by atoms with Crippen LogP contribution in [0.5, 0.6) is 5.75 Å². The van der Waals surface area contributed by atoms with Crippen molar-refractivity contribution in [1.29, 1.82) is 0 Å². The first-order valence-corrected chi connectivity index (χ1v) is 6.95. The predicted octanol–water partition coefficient (Wildman–Crippen LogP) is 1.56. The molecule has 0 radical (unpaired) electrons. The van der Waals surface area contributed by atoms with Gasteiger partial charge >= 0.3 is 0 Å². The molecule has 0 saturated heterocycles. The lowest BCUT2D eigenvalue weighted by molar-refractivity contribution is 0.0913. The summed E-state index contributed by atoms with van der Waals surface area (Å²) in [7, 11) is -3.40. The van der Waals surface area contributed by atoms with Gasteiger partial charge in [0.2, 0.25) is 10.0 Å². The second kappa shape index (κ2) is 5.88. The van der Waals surface area contributed by atoms with E-state index >= 15 is 0 Å². The number of ether oxygens (including phenoxy) is 1. The van der Waals surface area contributed by atoms with Crippen LogP contribution in [0.3, 0.4) is 0 Å². The zero-order valence-corrected chi connectivity index (χ0v) is 10.7. The average molecular weight is 259 g/mol. The number of anilines is 1. The van der Waals surface area contributed by atoms with E-state index in [1.54, 1.807) is 0 Å². The van der Waals surface area contributed by atoms with E-state index in [9.17, 15) is 8.42 Å². The molecule has 0 heterocycles. The summed E-state index contributed by atoms with van der Waals surface area (Å²) >= 11 is 0. The van der Waals surface area contributed by atoms with Gasteiger partial charge < -0.3 is 9.84 Å². The number of nitrogens with one attached hydrogen (secondary N) is 1. The molecule has 6 heteroatoms. The summed E-state index contributed by atoms with van der Waals surface area (Å²) in [6.45, 7) is 3.85. The van der Waals surface area contributed by atoms with Crippen molar-refractivity contribution < 1.29 is 18.3 Å². The summed E-state index contributed by atoms with van der Waals surface area (Å²) < 4.78 is 30.8.